The second-order valence-electron chi connectivity index (χ2n) is 6.50. The molecule has 0 aliphatic carbocycles. The predicted molar refractivity (Wildman–Crippen MR) is 90.5 cm³/mol. The van der Waals surface area contributed by atoms with Crippen molar-refractivity contribution < 1.29 is 14.3 Å². The van der Waals surface area contributed by atoms with Gasteiger partial charge in [-0.1, -0.05) is 12.1 Å². The molecule has 0 unspecified atom stereocenters. The summed E-state index contributed by atoms with van der Waals surface area (Å²) in [7, 11) is 1.67. The second-order valence-corrected chi connectivity index (χ2v) is 7.78. The van der Waals surface area contributed by atoms with Gasteiger partial charge in [-0.15, -0.1) is 0 Å². The zero-order chi connectivity index (χ0) is 16.2. The Kier molecular flexibility index (Phi) is 5.62. The lowest BCUT2D eigenvalue weighted by Crippen LogP contribution is -2.35. The Morgan fingerprint density at radius 3 is 2.59 bits per heavy atom. The summed E-state index contributed by atoms with van der Waals surface area (Å²) in [5, 5.41) is 0.481. The van der Waals surface area contributed by atoms with E-state index in [4.69, 9.17) is 9.47 Å². The van der Waals surface area contributed by atoms with E-state index >= 15 is 0 Å². The molecule has 22 heavy (non-hydrogen) atoms. The van der Waals surface area contributed by atoms with Crippen molar-refractivity contribution in [3.8, 4) is 5.75 Å². The van der Waals surface area contributed by atoms with Crippen molar-refractivity contribution in [2.45, 2.75) is 43.8 Å². The van der Waals surface area contributed by atoms with Crippen LogP contribution < -0.4 is 4.74 Å². The molecule has 1 aromatic carbocycles. The third kappa shape index (κ3) is 5.13. The van der Waals surface area contributed by atoms with Crippen molar-refractivity contribution >= 4 is 17.9 Å². The number of methoxy groups -OCH3 is 1. The first-order chi connectivity index (χ1) is 10.4. The molecule has 0 aromatic heterocycles. The maximum atomic E-state index is 12.0. The zero-order valence-corrected chi connectivity index (χ0v) is 14.6. The van der Waals surface area contributed by atoms with E-state index in [0.29, 0.717) is 5.25 Å². The fourth-order valence-electron chi connectivity index (χ4n) is 2.29. The number of nitrogens with zero attached hydrogens (tertiary/aromatic N) is 1. The van der Waals surface area contributed by atoms with Crippen LogP contribution in [0.4, 0.5) is 4.79 Å². The molecule has 0 N–H and O–H groups in total. The Morgan fingerprint density at radius 1 is 1.32 bits per heavy atom. The summed E-state index contributed by atoms with van der Waals surface area (Å²) in [4.78, 5) is 13.8. The van der Waals surface area contributed by atoms with Gasteiger partial charge in [0.1, 0.15) is 11.4 Å². The highest BCUT2D eigenvalue weighted by Crippen LogP contribution is 2.27. The van der Waals surface area contributed by atoms with E-state index in [9.17, 15) is 4.79 Å². The zero-order valence-electron chi connectivity index (χ0n) is 13.8. The Hall–Kier alpha value is -1.36. The molecule has 0 bridgehead atoms. The molecule has 4 nitrogen and oxygen atoms in total. The van der Waals surface area contributed by atoms with Crippen molar-refractivity contribution in [1.29, 1.82) is 0 Å². The predicted octanol–water partition coefficient (Wildman–Crippen LogP) is 3.94. The summed E-state index contributed by atoms with van der Waals surface area (Å²) in [5.74, 6) is 1.84. The average Bonchev–Trinajstić information content (AvgIpc) is 2.93. The molecule has 1 fully saturated rings. The van der Waals surface area contributed by atoms with E-state index in [1.54, 1.807) is 7.11 Å². The normalized spacial score (nSPS) is 18.4. The van der Waals surface area contributed by atoms with E-state index in [2.05, 4.69) is 12.1 Å². The van der Waals surface area contributed by atoms with Crippen molar-refractivity contribution in [3.05, 3.63) is 29.8 Å². The second kappa shape index (κ2) is 7.27. The minimum absolute atomic E-state index is 0.194. The molecule has 1 saturated heterocycles. The van der Waals surface area contributed by atoms with Crippen LogP contribution in [0.1, 0.15) is 32.8 Å². The fourth-order valence-corrected chi connectivity index (χ4v) is 3.47. The lowest BCUT2D eigenvalue weighted by molar-refractivity contribution is 0.0295. The molecule has 122 valence electrons. The summed E-state index contributed by atoms with van der Waals surface area (Å²) < 4.78 is 10.6. The van der Waals surface area contributed by atoms with Gasteiger partial charge in [-0.3, -0.25) is 0 Å². The highest BCUT2D eigenvalue weighted by molar-refractivity contribution is 7.99. The molecule has 1 aliphatic heterocycles. The van der Waals surface area contributed by atoms with Crippen LogP contribution >= 0.6 is 11.8 Å². The van der Waals surface area contributed by atoms with Gasteiger partial charge in [0, 0.05) is 24.1 Å². The molecule has 0 saturated carbocycles. The van der Waals surface area contributed by atoms with Crippen LogP contribution in [-0.2, 0) is 10.5 Å². The smallest absolute Gasteiger partial charge is 0.410 e. The molecule has 0 radical (unpaired) electrons. The Bertz CT molecular complexity index is 496. The molecule has 1 atom stereocenters. The lowest BCUT2D eigenvalue weighted by Gasteiger charge is -2.24. The number of likely N-dealkylation sites (tertiary alicyclic amines) is 1. The number of ether oxygens (including phenoxy) is 2. The van der Waals surface area contributed by atoms with Crippen LogP contribution in [0.25, 0.3) is 0 Å². The number of hydrogen-bond acceptors (Lipinski definition) is 4. The highest BCUT2D eigenvalue weighted by atomic mass is 32.2. The molecule has 1 aromatic rings. The number of carbonyl (C=O) groups is 1. The SMILES string of the molecule is COc1ccc(CS[C@@H]2CCN(C(=O)OC(C)(C)C)C2)cc1. The monoisotopic (exact) mass is 323 g/mol. The third-order valence-electron chi connectivity index (χ3n) is 3.44. The number of carbonyl (C=O) groups excluding carboxylic acids is 1. The van der Waals surface area contributed by atoms with Gasteiger partial charge < -0.3 is 14.4 Å². The topological polar surface area (TPSA) is 38.8 Å². The number of amides is 1. The standard InChI is InChI=1S/C17H25NO3S/c1-17(2,3)21-16(19)18-10-9-15(11-18)22-12-13-5-7-14(20-4)8-6-13/h5-8,15H,9-12H2,1-4H3/t15-/m1/s1. The van der Waals surface area contributed by atoms with Gasteiger partial charge >= 0.3 is 6.09 Å². The minimum atomic E-state index is -0.425. The number of hydrogen-bond donors (Lipinski definition) is 0. The van der Waals surface area contributed by atoms with Gasteiger partial charge in [-0.05, 0) is 44.9 Å². The van der Waals surface area contributed by atoms with Crippen molar-refractivity contribution in [2.24, 2.45) is 0 Å². The summed E-state index contributed by atoms with van der Waals surface area (Å²) >= 11 is 1.90. The van der Waals surface area contributed by atoms with Crippen LogP contribution in [0, 0.1) is 0 Å². The quantitative estimate of drug-likeness (QED) is 0.841. The molecule has 5 heteroatoms. The van der Waals surface area contributed by atoms with Gasteiger partial charge in [0.25, 0.3) is 0 Å². The molecular formula is C17H25NO3S. The first-order valence-electron chi connectivity index (χ1n) is 7.60. The number of benzene rings is 1. The molecule has 2 rings (SSSR count). The Morgan fingerprint density at radius 2 is 2.00 bits per heavy atom. The first-order valence-corrected chi connectivity index (χ1v) is 8.65. The van der Waals surface area contributed by atoms with Gasteiger partial charge in [0.15, 0.2) is 0 Å². The van der Waals surface area contributed by atoms with Crippen LogP contribution in [0.3, 0.4) is 0 Å². The van der Waals surface area contributed by atoms with E-state index in [1.807, 2.05) is 49.6 Å². The Balaban J connectivity index is 1.77. The summed E-state index contributed by atoms with van der Waals surface area (Å²) in [6.07, 6.45) is 0.833. The van der Waals surface area contributed by atoms with Gasteiger partial charge in [-0.25, -0.2) is 4.79 Å². The molecule has 1 amide bonds. The van der Waals surface area contributed by atoms with E-state index in [-0.39, 0.29) is 6.09 Å². The molecule has 1 heterocycles. The first kappa shape index (κ1) is 17.0. The molecule has 1 aliphatic rings. The van der Waals surface area contributed by atoms with Crippen molar-refractivity contribution in [2.75, 3.05) is 20.2 Å². The van der Waals surface area contributed by atoms with Crippen LogP contribution in [0.15, 0.2) is 24.3 Å². The van der Waals surface area contributed by atoms with Crippen LogP contribution in [-0.4, -0.2) is 42.0 Å². The van der Waals surface area contributed by atoms with Crippen LogP contribution in [0.5, 0.6) is 5.75 Å². The highest BCUT2D eigenvalue weighted by Gasteiger charge is 2.29. The fraction of sp³-hybridized carbons (Fsp3) is 0.588. The van der Waals surface area contributed by atoms with Crippen molar-refractivity contribution in [1.82, 2.24) is 4.90 Å². The lowest BCUT2D eigenvalue weighted by atomic mass is 10.2. The molecule has 0 spiro atoms. The number of thioether (sulfide) groups is 1. The van der Waals surface area contributed by atoms with Gasteiger partial charge in [0.2, 0.25) is 0 Å². The van der Waals surface area contributed by atoms with E-state index < -0.39 is 5.60 Å². The summed E-state index contributed by atoms with van der Waals surface area (Å²) in [6, 6.07) is 8.15. The van der Waals surface area contributed by atoms with E-state index in [1.165, 1.54) is 5.56 Å². The van der Waals surface area contributed by atoms with E-state index in [0.717, 1.165) is 31.0 Å². The summed E-state index contributed by atoms with van der Waals surface area (Å²) in [6.45, 7) is 7.26. The largest absolute Gasteiger partial charge is 0.497 e. The van der Waals surface area contributed by atoms with Gasteiger partial charge in [0.05, 0.1) is 7.11 Å². The van der Waals surface area contributed by atoms with Crippen LogP contribution in [0.2, 0.25) is 0 Å². The third-order valence-corrected chi connectivity index (χ3v) is 4.80. The minimum Gasteiger partial charge on any atom is -0.497 e. The summed E-state index contributed by atoms with van der Waals surface area (Å²) in [5.41, 5.74) is 0.854. The molecular weight excluding hydrogens is 298 g/mol. The van der Waals surface area contributed by atoms with Crippen molar-refractivity contribution in [3.63, 3.8) is 0 Å². The van der Waals surface area contributed by atoms with Gasteiger partial charge in [-0.2, -0.15) is 11.8 Å². The maximum absolute atomic E-state index is 12.0. The average molecular weight is 323 g/mol. The number of rotatable bonds is 4. The Labute approximate surface area is 137 Å². The maximum Gasteiger partial charge on any atom is 0.410 e.